The first kappa shape index (κ1) is 13.7. The van der Waals surface area contributed by atoms with Gasteiger partial charge in [0, 0.05) is 12.2 Å². The molecular formula is C11H18O4. The van der Waals surface area contributed by atoms with E-state index in [0.717, 1.165) is 18.6 Å². The summed E-state index contributed by atoms with van der Waals surface area (Å²) in [4.78, 5) is 21.7. The fourth-order valence-electron chi connectivity index (χ4n) is 0.710. The molecule has 0 bridgehead atoms. The van der Waals surface area contributed by atoms with Crippen molar-refractivity contribution in [3.8, 4) is 0 Å². The molecule has 0 saturated heterocycles. The maximum absolute atomic E-state index is 11.0. The summed E-state index contributed by atoms with van der Waals surface area (Å²) in [5, 5.41) is 0. The molecule has 0 aliphatic heterocycles. The summed E-state index contributed by atoms with van der Waals surface area (Å²) in [5.41, 5.74) is 0.131. The van der Waals surface area contributed by atoms with E-state index in [1.54, 1.807) is 0 Å². The van der Waals surface area contributed by atoms with Crippen LogP contribution in [0.25, 0.3) is 0 Å². The van der Waals surface area contributed by atoms with Gasteiger partial charge in [0.15, 0.2) is 0 Å². The molecule has 0 aliphatic carbocycles. The van der Waals surface area contributed by atoms with Crippen LogP contribution in [0.15, 0.2) is 12.2 Å². The highest BCUT2D eigenvalue weighted by molar-refractivity contribution is 5.91. The highest BCUT2D eigenvalue weighted by Crippen LogP contribution is 2.17. The molecule has 0 N–H and O–H groups in total. The van der Waals surface area contributed by atoms with Gasteiger partial charge in [-0.05, 0) is 11.8 Å². The Bertz CT molecular complexity index is 248. The van der Waals surface area contributed by atoms with Crippen LogP contribution in [0.5, 0.6) is 0 Å². The van der Waals surface area contributed by atoms with Crippen molar-refractivity contribution in [1.82, 2.24) is 0 Å². The van der Waals surface area contributed by atoms with Crippen LogP contribution < -0.4 is 0 Å². The highest BCUT2D eigenvalue weighted by Gasteiger charge is 2.10. The SMILES string of the molecule is COC(=O)/C=C/C(=O)OCCC(C)(C)C. The van der Waals surface area contributed by atoms with Crippen molar-refractivity contribution in [2.75, 3.05) is 13.7 Å². The number of carbonyl (C=O) groups is 2. The molecule has 0 saturated carbocycles. The third kappa shape index (κ3) is 9.00. The Hall–Kier alpha value is -1.32. The van der Waals surface area contributed by atoms with Gasteiger partial charge in [0.1, 0.15) is 0 Å². The minimum absolute atomic E-state index is 0.131. The van der Waals surface area contributed by atoms with Gasteiger partial charge in [-0.3, -0.25) is 0 Å². The maximum Gasteiger partial charge on any atom is 0.331 e. The van der Waals surface area contributed by atoms with Crippen LogP contribution in [-0.4, -0.2) is 25.7 Å². The van der Waals surface area contributed by atoms with Crippen molar-refractivity contribution >= 4 is 11.9 Å². The second-order valence-electron chi connectivity index (χ2n) is 4.33. The predicted molar refractivity (Wildman–Crippen MR) is 56.2 cm³/mol. The van der Waals surface area contributed by atoms with E-state index in [9.17, 15) is 9.59 Å². The Morgan fingerprint density at radius 3 is 2.13 bits per heavy atom. The zero-order chi connectivity index (χ0) is 11.9. The van der Waals surface area contributed by atoms with Gasteiger partial charge in [-0.15, -0.1) is 0 Å². The molecule has 15 heavy (non-hydrogen) atoms. The van der Waals surface area contributed by atoms with Gasteiger partial charge in [0.05, 0.1) is 13.7 Å². The topological polar surface area (TPSA) is 52.6 Å². The Morgan fingerprint density at radius 2 is 1.67 bits per heavy atom. The van der Waals surface area contributed by atoms with E-state index in [-0.39, 0.29) is 5.41 Å². The monoisotopic (exact) mass is 214 g/mol. The zero-order valence-corrected chi connectivity index (χ0v) is 9.70. The molecule has 0 atom stereocenters. The number of esters is 2. The number of hydrogen-bond acceptors (Lipinski definition) is 4. The molecule has 0 amide bonds. The van der Waals surface area contributed by atoms with Gasteiger partial charge in [-0.2, -0.15) is 0 Å². The molecule has 0 aromatic heterocycles. The van der Waals surface area contributed by atoms with Crippen LogP contribution in [0.2, 0.25) is 0 Å². The van der Waals surface area contributed by atoms with Crippen molar-refractivity contribution < 1.29 is 19.1 Å². The standard InChI is InChI=1S/C11H18O4/c1-11(2,3)7-8-15-10(13)6-5-9(12)14-4/h5-6H,7-8H2,1-4H3/b6-5+. The van der Waals surface area contributed by atoms with Crippen molar-refractivity contribution in [2.45, 2.75) is 27.2 Å². The average molecular weight is 214 g/mol. The molecule has 0 heterocycles. The van der Waals surface area contributed by atoms with Crippen LogP contribution >= 0.6 is 0 Å². The maximum atomic E-state index is 11.0. The third-order valence-electron chi connectivity index (χ3n) is 1.65. The molecule has 0 spiro atoms. The fraction of sp³-hybridized carbons (Fsp3) is 0.636. The van der Waals surface area contributed by atoms with E-state index >= 15 is 0 Å². The Balaban J connectivity index is 3.76. The largest absolute Gasteiger partial charge is 0.466 e. The molecule has 0 aromatic rings. The number of carbonyl (C=O) groups excluding carboxylic acids is 2. The van der Waals surface area contributed by atoms with Crippen molar-refractivity contribution in [3.05, 3.63) is 12.2 Å². The summed E-state index contributed by atoms with van der Waals surface area (Å²) in [6.45, 7) is 6.54. The molecule has 86 valence electrons. The minimum atomic E-state index is -0.567. The molecule has 4 heteroatoms. The molecular weight excluding hydrogens is 196 g/mol. The van der Waals surface area contributed by atoms with Gasteiger partial charge in [0.25, 0.3) is 0 Å². The molecule has 0 fully saturated rings. The lowest BCUT2D eigenvalue weighted by Crippen LogP contribution is -2.12. The first-order valence-electron chi connectivity index (χ1n) is 4.78. The van der Waals surface area contributed by atoms with E-state index < -0.39 is 11.9 Å². The Morgan fingerprint density at radius 1 is 1.13 bits per heavy atom. The summed E-state index contributed by atoms with van der Waals surface area (Å²) in [5.74, 6) is -1.09. The average Bonchev–Trinajstić information content (AvgIpc) is 2.12. The quantitative estimate of drug-likeness (QED) is 0.528. The number of methoxy groups -OCH3 is 1. The van der Waals surface area contributed by atoms with Crippen LogP contribution in [0.3, 0.4) is 0 Å². The second kappa shape index (κ2) is 6.22. The van der Waals surface area contributed by atoms with Gasteiger partial charge >= 0.3 is 11.9 Å². The van der Waals surface area contributed by atoms with Gasteiger partial charge in [0.2, 0.25) is 0 Å². The van der Waals surface area contributed by atoms with Gasteiger partial charge in [-0.25, -0.2) is 9.59 Å². The lowest BCUT2D eigenvalue weighted by molar-refractivity contribution is -0.139. The second-order valence-corrected chi connectivity index (χ2v) is 4.33. The van der Waals surface area contributed by atoms with Crippen molar-refractivity contribution in [1.29, 1.82) is 0 Å². The van der Waals surface area contributed by atoms with E-state index in [2.05, 4.69) is 25.5 Å². The van der Waals surface area contributed by atoms with Gasteiger partial charge < -0.3 is 9.47 Å². The summed E-state index contributed by atoms with van der Waals surface area (Å²) in [6, 6.07) is 0. The molecule has 0 unspecified atom stereocenters. The third-order valence-corrected chi connectivity index (χ3v) is 1.65. The molecule has 0 aromatic carbocycles. The summed E-state index contributed by atoms with van der Waals surface area (Å²) in [7, 11) is 1.25. The molecule has 0 radical (unpaired) electrons. The number of rotatable bonds is 4. The minimum Gasteiger partial charge on any atom is -0.466 e. The smallest absolute Gasteiger partial charge is 0.331 e. The summed E-state index contributed by atoms with van der Waals surface area (Å²) < 4.78 is 9.21. The highest BCUT2D eigenvalue weighted by atomic mass is 16.5. The van der Waals surface area contributed by atoms with Crippen molar-refractivity contribution in [2.24, 2.45) is 5.41 Å². The zero-order valence-electron chi connectivity index (χ0n) is 9.70. The van der Waals surface area contributed by atoms with E-state index in [0.29, 0.717) is 6.61 Å². The van der Waals surface area contributed by atoms with Crippen LogP contribution in [0.1, 0.15) is 27.2 Å². The van der Waals surface area contributed by atoms with Gasteiger partial charge in [-0.1, -0.05) is 20.8 Å². The van der Waals surface area contributed by atoms with Crippen LogP contribution in [-0.2, 0) is 19.1 Å². The lowest BCUT2D eigenvalue weighted by Gasteiger charge is -2.16. The lowest BCUT2D eigenvalue weighted by atomic mass is 9.93. The first-order valence-corrected chi connectivity index (χ1v) is 4.78. The normalized spacial score (nSPS) is 11.5. The fourth-order valence-corrected chi connectivity index (χ4v) is 0.710. The summed E-state index contributed by atoms with van der Waals surface area (Å²) in [6.07, 6.45) is 2.89. The molecule has 4 nitrogen and oxygen atoms in total. The van der Waals surface area contributed by atoms with Crippen LogP contribution in [0, 0.1) is 5.41 Å². The Kier molecular flexibility index (Phi) is 5.67. The molecule has 0 rings (SSSR count). The van der Waals surface area contributed by atoms with Crippen molar-refractivity contribution in [3.63, 3.8) is 0 Å². The predicted octanol–water partition coefficient (Wildman–Crippen LogP) is 1.69. The van der Waals surface area contributed by atoms with E-state index in [1.807, 2.05) is 0 Å². The summed E-state index contributed by atoms with van der Waals surface area (Å²) >= 11 is 0. The molecule has 0 aliphatic rings. The first-order chi connectivity index (χ1) is 6.85. The Labute approximate surface area is 90.2 Å². The van der Waals surface area contributed by atoms with Crippen LogP contribution in [0.4, 0.5) is 0 Å². The van der Waals surface area contributed by atoms with E-state index in [4.69, 9.17) is 4.74 Å². The number of hydrogen-bond donors (Lipinski definition) is 0. The van der Waals surface area contributed by atoms with E-state index in [1.165, 1.54) is 7.11 Å². The number of ether oxygens (including phenoxy) is 2.